The summed E-state index contributed by atoms with van der Waals surface area (Å²) in [7, 11) is 0. The summed E-state index contributed by atoms with van der Waals surface area (Å²) in [5, 5.41) is 7.35. The van der Waals surface area contributed by atoms with Crippen LogP contribution in [0.2, 0.25) is 0 Å². The van der Waals surface area contributed by atoms with Gasteiger partial charge in [-0.25, -0.2) is 9.98 Å². The van der Waals surface area contributed by atoms with Gasteiger partial charge >= 0.3 is 6.18 Å². The molecule has 1 aromatic heterocycles. The lowest BCUT2D eigenvalue weighted by molar-refractivity contribution is -0.153. The summed E-state index contributed by atoms with van der Waals surface area (Å²) in [6, 6.07) is 6.60. The molecule has 2 rings (SSSR count). The average Bonchev–Trinajstić information content (AvgIpc) is 2.93. The van der Waals surface area contributed by atoms with Crippen LogP contribution in [0.25, 0.3) is 0 Å². The Labute approximate surface area is 160 Å². The molecule has 5 nitrogen and oxygen atoms in total. The number of alkyl halides is 3. The third-order valence-corrected chi connectivity index (χ3v) is 4.60. The monoisotopic (exact) mass is 400 g/mol. The Bertz CT molecular complexity index is 774. The second kappa shape index (κ2) is 9.59. The number of aliphatic imine (C=N–C) groups is 1. The maximum Gasteiger partial charge on any atom is 0.422 e. The lowest BCUT2D eigenvalue weighted by Gasteiger charge is -2.13. The molecule has 0 aliphatic heterocycles. The predicted molar refractivity (Wildman–Crippen MR) is 101 cm³/mol. The van der Waals surface area contributed by atoms with E-state index >= 15 is 0 Å². The van der Waals surface area contributed by atoms with Crippen LogP contribution >= 0.6 is 11.3 Å². The first-order valence-corrected chi connectivity index (χ1v) is 9.32. The van der Waals surface area contributed by atoms with Gasteiger partial charge < -0.3 is 15.4 Å². The zero-order valence-corrected chi connectivity index (χ0v) is 16.3. The molecule has 0 saturated heterocycles. The number of ether oxygens (including phenoxy) is 1. The summed E-state index contributed by atoms with van der Waals surface area (Å²) in [6.07, 6.45) is -4.38. The molecule has 1 heterocycles. The van der Waals surface area contributed by atoms with E-state index in [4.69, 9.17) is 4.74 Å². The van der Waals surface area contributed by atoms with Gasteiger partial charge in [0.25, 0.3) is 0 Å². The quantitative estimate of drug-likeness (QED) is 0.546. The van der Waals surface area contributed by atoms with Gasteiger partial charge in [-0.3, -0.25) is 0 Å². The van der Waals surface area contributed by atoms with Crippen LogP contribution in [0.3, 0.4) is 0 Å². The van der Waals surface area contributed by atoms with Crippen molar-refractivity contribution < 1.29 is 17.9 Å². The van der Waals surface area contributed by atoms with Gasteiger partial charge in [-0.05, 0) is 26.8 Å². The highest BCUT2D eigenvalue weighted by Gasteiger charge is 2.28. The summed E-state index contributed by atoms with van der Waals surface area (Å²) in [5.74, 6) is 0.761. The van der Waals surface area contributed by atoms with Crippen LogP contribution < -0.4 is 15.4 Å². The van der Waals surface area contributed by atoms with E-state index in [1.54, 1.807) is 29.5 Å². The van der Waals surface area contributed by atoms with Crippen LogP contribution in [-0.4, -0.2) is 30.3 Å². The number of aryl methyl sites for hydroxylation is 2. The van der Waals surface area contributed by atoms with Crippen LogP contribution in [0.5, 0.6) is 5.75 Å². The summed E-state index contributed by atoms with van der Waals surface area (Å²) in [4.78, 5) is 9.97. The standard InChI is InChI=1S/C18H23F3N4OS/c1-4-22-17(24-10-16-12(2)25-13(3)27-16)23-9-14-7-5-6-8-15(14)26-11-18(19,20)21/h5-8H,4,9-11H2,1-3H3,(H2,22,23,24). The molecule has 1 aromatic carbocycles. The molecule has 148 valence electrons. The molecule has 0 radical (unpaired) electrons. The van der Waals surface area contributed by atoms with Crippen molar-refractivity contribution in [2.45, 2.75) is 40.0 Å². The molecule has 2 aromatic rings. The molecule has 0 unspecified atom stereocenters. The Balaban J connectivity index is 2.04. The molecule has 0 aliphatic rings. The smallest absolute Gasteiger partial charge is 0.422 e. The minimum absolute atomic E-state index is 0.184. The number of nitrogens with one attached hydrogen (secondary N) is 2. The summed E-state index contributed by atoms with van der Waals surface area (Å²) in [6.45, 7) is 5.98. The van der Waals surface area contributed by atoms with Gasteiger partial charge in [0, 0.05) is 17.0 Å². The van der Waals surface area contributed by atoms with E-state index in [0.29, 0.717) is 24.6 Å². The van der Waals surface area contributed by atoms with E-state index < -0.39 is 12.8 Å². The number of rotatable bonds is 7. The maximum absolute atomic E-state index is 12.4. The number of para-hydroxylation sites is 1. The molecular formula is C18H23F3N4OS. The Hall–Kier alpha value is -2.29. The zero-order valence-electron chi connectivity index (χ0n) is 15.5. The third kappa shape index (κ3) is 7.09. The van der Waals surface area contributed by atoms with Crippen molar-refractivity contribution in [3.63, 3.8) is 0 Å². The molecule has 0 bridgehead atoms. The van der Waals surface area contributed by atoms with Gasteiger partial charge in [0.05, 0.1) is 23.8 Å². The third-order valence-electron chi connectivity index (χ3n) is 3.53. The Morgan fingerprint density at radius 3 is 2.59 bits per heavy atom. The van der Waals surface area contributed by atoms with Crippen molar-refractivity contribution in [2.24, 2.45) is 4.99 Å². The lowest BCUT2D eigenvalue weighted by Crippen LogP contribution is -2.36. The first-order valence-electron chi connectivity index (χ1n) is 8.51. The molecule has 0 spiro atoms. The number of aromatic nitrogens is 1. The Morgan fingerprint density at radius 2 is 1.96 bits per heavy atom. The molecule has 0 aliphatic carbocycles. The summed E-state index contributed by atoms with van der Waals surface area (Å²) < 4.78 is 42.1. The van der Waals surface area contributed by atoms with E-state index in [9.17, 15) is 13.2 Å². The van der Waals surface area contributed by atoms with E-state index in [2.05, 4.69) is 20.6 Å². The minimum atomic E-state index is -4.38. The number of nitrogens with zero attached hydrogens (tertiary/aromatic N) is 2. The fourth-order valence-electron chi connectivity index (χ4n) is 2.34. The molecule has 0 amide bonds. The van der Waals surface area contributed by atoms with Crippen LogP contribution in [0.1, 0.15) is 28.1 Å². The highest BCUT2D eigenvalue weighted by molar-refractivity contribution is 7.11. The van der Waals surface area contributed by atoms with Gasteiger partial charge in [-0.1, -0.05) is 18.2 Å². The molecule has 0 atom stereocenters. The number of hydrogen-bond acceptors (Lipinski definition) is 4. The maximum atomic E-state index is 12.4. The van der Waals surface area contributed by atoms with Crippen molar-refractivity contribution in [3.05, 3.63) is 45.4 Å². The van der Waals surface area contributed by atoms with E-state index in [1.165, 1.54) is 6.07 Å². The zero-order chi connectivity index (χ0) is 19.9. The Morgan fingerprint density at radius 1 is 1.22 bits per heavy atom. The minimum Gasteiger partial charge on any atom is -0.484 e. The predicted octanol–water partition coefficient (Wildman–Crippen LogP) is 3.96. The van der Waals surface area contributed by atoms with Crippen LogP contribution in [0.15, 0.2) is 29.3 Å². The number of hydrogen-bond donors (Lipinski definition) is 2. The van der Waals surface area contributed by atoms with Gasteiger partial charge in [0.1, 0.15) is 5.75 Å². The van der Waals surface area contributed by atoms with Crippen molar-refractivity contribution in [1.29, 1.82) is 0 Å². The molecule has 0 fully saturated rings. The first kappa shape index (κ1) is 21.0. The number of thiazole rings is 1. The van der Waals surface area contributed by atoms with E-state index in [0.717, 1.165) is 15.6 Å². The summed E-state index contributed by atoms with van der Waals surface area (Å²) in [5.41, 5.74) is 1.57. The lowest BCUT2D eigenvalue weighted by atomic mass is 10.2. The van der Waals surface area contributed by atoms with Crippen molar-refractivity contribution in [3.8, 4) is 5.75 Å². The molecular weight excluding hydrogens is 377 g/mol. The van der Waals surface area contributed by atoms with Crippen molar-refractivity contribution >= 4 is 17.3 Å². The van der Waals surface area contributed by atoms with Crippen LogP contribution in [-0.2, 0) is 13.1 Å². The van der Waals surface area contributed by atoms with Crippen LogP contribution in [0, 0.1) is 13.8 Å². The Kier molecular flexibility index (Phi) is 7.46. The SMILES string of the molecule is CCNC(=NCc1ccccc1OCC(F)(F)F)NCc1sc(C)nc1C. The number of guanidine groups is 1. The first-order chi connectivity index (χ1) is 12.8. The van der Waals surface area contributed by atoms with Gasteiger partial charge in [0.15, 0.2) is 12.6 Å². The fraction of sp³-hybridized carbons (Fsp3) is 0.444. The van der Waals surface area contributed by atoms with Gasteiger partial charge in [-0.15, -0.1) is 11.3 Å². The largest absolute Gasteiger partial charge is 0.484 e. The van der Waals surface area contributed by atoms with Gasteiger partial charge in [0.2, 0.25) is 0 Å². The molecule has 9 heteroatoms. The average molecular weight is 400 g/mol. The molecule has 2 N–H and O–H groups in total. The number of benzene rings is 1. The van der Waals surface area contributed by atoms with Crippen molar-refractivity contribution in [2.75, 3.05) is 13.2 Å². The van der Waals surface area contributed by atoms with E-state index in [1.807, 2.05) is 20.8 Å². The van der Waals surface area contributed by atoms with Gasteiger partial charge in [-0.2, -0.15) is 13.2 Å². The topological polar surface area (TPSA) is 58.5 Å². The van der Waals surface area contributed by atoms with Crippen LogP contribution in [0.4, 0.5) is 13.2 Å². The number of halogens is 3. The fourth-order valence-corrected chi connectivity index (χ4v) is 3.22. The normalized spacial score (nSPS) is 12.1. The van der Waals surface area contributed by atoms with Crippen molar-refractivity contribution in [1.82, 2.24) is 15.6 Å². The second-order valence-electron chi connectivity index (χ2n) is 5.80. The molecule has 27 heavy (non-hydrogen) atoms. The highest BCUT2D eigenvalue weighted by atomic mass is 32.1. The highest BCUT2D eigenvalue weighted by Crippen LogP contribution is 2.23. The second-order valence-corrected chi connectivity index (χ2v) is 7.09. The summed E-state index contributed by atoms with van der Waals surface area (Å²) >= 11 is 1.62. The molecule has 0 saturated carbocycles. The van der Waals surface area contributed by atoms with E-state index in [-0.39, 0.29) is 12.3 Å².